The predicted octanol–water partition coefficient (Wildman–Crippen LogP) is 3.82. The number of aromatic nitrogens is 1. The summed E-state index contributed by atoms with van der Waals surface area (Å²) in [6.45, 7) is 4.95. The molecule has 4 rings (SSSR count). The summed E-state index contributed by atoms with van der Waals surface area (Å²) in [7, 11) is 1.87. The van der Waals surface area contributed by atoms with Crippen LogP contribution in [0.3, 0.4) is 0 Å². The topological polar surface area (TPSA) is 43.8 Å². The number of aliphatic imine (C=N–C) groups is 1. The number of halogens is 1. The number of anilines is 1. The maximum Gasteiger partial charge on any atom is 0.194 e. The Morgan fingerprint density at radius 3 is 2.64 bits per heavy atom. The first-order valence-electron chi connectivity index (χ1n) is 10.1. The van der Waals surface area contributed by atoms with E-state index in [9.17, 15) is 0 Å². The molecule has 1 N–H and O–H groups in total. The number of rotatable bonds is 3. The molecule has 5 nitrogen and oxygen atoms in total. The minimum atomic E-state index is 0. The van der Waals surface area contributed by atoms with Crippen molar-refractivity contribution in [1.29, 1.82) is 0 Å². The average molecular weight is 491 g/mol. The molecule has 0 radical (unpaired) electrons. The Bertz CT molecular complexity index is 801. The normalized spacial score (nSPS) is 17.0. The number of guanidine groups is 1. The maximum atomic E-state index is 4.58. The summed E-state index contributed by atoms with van der Waals surface area (Å²) >= 11 is 0. The fraction of sp³-hybridized carbons (Fsp3) is 0.455. The number of nitrogens with zero attached hydrogens (tertiary/aromatic N) is 4. The van der Waals surface area contributed by atoms with Crippen LogP contribution in [-0.4, -0.2) is 42.5 Å². The van der Waals surface area contributed by atoms with Gasteiger partial charge in [-0.25, -0.2) is 4.98 Å². The molecule has 0 atom stereocenters. The zero-order valence-electron chi connectivity index (χ0n) is 16.6. The van der Waals surface area contributed by atoms with E-state index in [1.54, 1.807) is 0 Å². The van der Waals surface area contributed by atoms with E-state index in [1.165, 1.54) is 36.0 Å². The van der Waals surface area contributed by atoms with E-state index >= 15 is 0 Å². The van der Waals surface area contributed by atoms with Crippen molar-refractivity contribution in [3.8, 4) is 0 Å². The molecule has 0 unspecified atom stereocenters. The van der Waals surface area contributed by atoms with Gasteiger partial charge >= 0.3 is 0 Å². The van der Waals surface area contributed by atoms with Crippen LogP contribution in [-0.2, 0) is 19.5 Å². The van der Waals surface area contributed by atoms with Gasteiger partial charge in [0.1, 0.15) is 5.82 Å². The predicted molar refractivity (Wildman–Crippen MR) is 126 cm³/mol. The Hall–Kier alpha value is -1.83. The Balaban J connectivity index is 0.00000225. The van der Waals surface area contributed by atoms with Gasteiger partial charge < -0.3 is 15.1 Å². The molecule has 0 spiro atoms. The molecule has 6 heteroatoms. The molecule has 1 fully saturated rings. The van der Waals surface area contributed by atoms with E-state index in [0.29, 0.717) is 0 Å². The van der Waals surface area contributed by atoms with Gasteiger partial charge in [0.05, 0.1) is 0 Å². The van der Waals surface area contributed by atoms with Crippen molar-refractivity contribution in [1.82, 2.24) is 15.2 Å². The van der Waals surface area contributed by atoms with Crippen LogP contribution >= 0.6 is 24.0 Å². The molecule has 1 aromatic heterocycles. The number of pyridine rings is 1. The highest BCUT2D eigenvalue weighted by Gasteiger charge is 2.18. The fourth-order valence-electron chi connectivity index (χ4n) is 4.06. The highest BCUT2D eigenvalue weighted by Crippen LogP contribution is 2.20. The minimum Gasteiger partial charge on any atom is -0.357 e. The van der Waals surface area contributed by atoms with Crippen molar-refractivity contribution >= 4 is 35.8 Å². The second-order valence-electron chi connectivity index (χ2n) is 7.41. The third-order valence-corrected chi connectivity index (χ3v) is 5.58. The highest BCUT2D eigenvalue weighted by molar-refractivity contribution is 14.0. The lowest BCUT2D eigenvalue weighted by Crippen LogP contribution is -2.43. The monoisotopic (exact) mass is 491 g/mol. The van der Waals surface area contributed by atoms with Gasteiger partial charge in [0, 0.05) is 46.0 Å². The molecule has 2 aromatic rings. The number of hydrogen-bond acceptors (Lipinski definition) is 3. The first-order chi connectivity index (χ1) is 13.3. The van der Waals surface area contributed by atoms with Crippen molar-refractivity contribution in [2.24, 2.45) is 4.99 Å². The van der Waals surface area contributed by atoms with E-state index in [4.69, 9.17) is 0 Å². The van der Waals surface area contributed by atoms with E-state index < -0.39 is 0 Å². The zero-order chi connectivity index (χ0) is 18.5. The van der Waals surface area contributed by atoms with Gasteiger partial charge in [-0.1, -0.05) is 24.3 Å². The quantitative estimate of drug-likeness (QED) is 0.403. The summed E-state index contributed by atoms with van der Waals surface area (Å²) in [4.78, 5) is 13.8. The Labute approximate surface area is 185 Å². The fourth-order valence-corrected chi connectivity index (χ4v) is 4.06. The van der Waals surface area contributed by atoms with Gasteiger partial charge in [0.2, 0.25) is 0 Å². The molecule has 28 heavy (non-hydrogen) atoms. The Kier molecular flexibility index (Phi) is 7.53. The summed E-state index contributed by atoms with van der Waals surface area (Å²) in [5.74, 6) is 2.08. The van der Waals surface area contributed by atoms with Gasteiger partial charge in [-0.2, -0.15) is 0 Å². The van der Waals surface area contributed by atoms with Crippen molar-refractivity contribution in [2.75, 3.05) is 31.6 Å². The van der Waals surface area contributed by atoms with E-state index in [1.807, 2.05) is 13.2 Å². The Morgan fingerprint density at radius 2 is 1.86 bits per heavy atom. The second kappa shape index (κ2) is 10.1. The van der Waals surface area contributed by atoms with E-state index in [-0.39, 0.29) is 24.0 Å². The first kappa shape index (κ1) is 20.9. The standard InChI is InChI=1S/C22H29N5.HI/c1-23-22(27-14-10-19-7-3-4-8-20(19)17-27)25-16-18-9-11-24-21(15-18)26-12-5-2-6-13-26;/h3-4,7-9,11,15H,2,5-6,10,12-14,16-17H2,1H3,(H,23,25);1H. The van der Waals surface area contributed by atoms with E-state index in [0.717, 1.165) is 50.9 Å². The van der Waals surface area contributed by atoms with Crippen molar-refractivity contribution in [3.63, 3.8) is 0 Å². The number of fused-ring (bicyclic) bond motifs is 1. The van der Waals surface area contributed by atoms with Crippen LogP contribution in [0.2, 0.25) is 0 Å². The molecule has 1 aromatic carbocycles. The summed E-state index contributed by atoms with van der Waals surface area (Å²) in [5, 5.41) is 3.55. The molecule has 0 bridgehead atoms. The number of benzene rings is 1. The number of hydrogen-bond donors (Lipinski definition) is 1. The molecule has 1 saturated heterocycles. The molecule has 0 saturated carbocycles. The van der Waals surface area contributed by atoms with Crippen molar-refractivity contribution in [3.05, 3.63) is 59.3 Å². The molecular weight excluding hydrogens is 461 g/mol. The van der Waals surface area contributed by atoms with Crippen LogP contribution in [0.15, 0.2) is 47.6 Å². The molecule has 0 amide bonds. The van der Waals surface area contributed by atoms with Gasteiger partial charge in [-0.3, -0.25) is 4.99 Å². The number of nitrogens with one attached hydrogen (secondary N) is 1. The van der Waals surface area contributed by atoms with Crippen LogP contribution < -0.4 is 10.2 Å². The van der Waals surface area contributed by atoms with Crippen LogP contribution in [0.1, 0.15) is 36.0 Å². The summed E-state index contributed by atoms with van der Waals surface area (Å²) in [6, 6.07) is 13.0. The summed E-state index contributed by atoms with van der Waals surface area (Å²) in [6.07, 6.45) is 6.89. The van der Waals surface area contributed by atoms with Crippen LogP contribution in [0.4, 0.5) is 5.82 Å². The third kappa shape index (κ3) is 4.96. The van der Waals surface area contributed by atoms with Crippen LogP contribution in [0.25, 0.3) is 0 Å². The van der Waals surface area contributed by atoms with Gasteiger partial charge in [0.15, 0.2) is 5.96 Å². The van der Waals surface area contributed by atoms with E-state index in [2.05, 4.69) is 61.5 Å². The third-order valence-electron chi connectivity index (χ3n) is 5.58. The maximum absolute atomic E-state index is 4.58. The minimum absolute atomic E-state index is 0. The lowest BCUT2D eigenvalue weighted by molar-refractivity contribution is 0.378. The van der Waals surface area contributed by atoms with Gasteiger partial charge in [0.25, 0.3) is 0 Å². The average Bonchev–Trinajstić information content (AvgIpc) is 2.75. The Morgan fingerprint density at radius 1 is 1.07 bits per heavy atom. The summed E-state index contributed by atoms with van der Waals surface area (Å²) < 4.78 is 0. The highest BCUT2D eigenvalue weighted by atomic mass is 127. The molecule has 0 aliphatic carbocycles. The van der Waals surface area contributed by atoms with Gasteiger partial charge in [-0.05, 0) is 54.5 Å². The number of piperidine rings is 1. The molecular formula is C22H30IN5. The second-order valence-corrected chi connectivity index (χ2v) is 7.41. The van der Waals surface area contributed by atoms with Gasteiger partial charge in [-0.15, -0.1) is 24.0 Å². The largest absolute Gasteiger partial charge is 0.357 e. The van der Waals surface area contributed by atoms with Crippen molar-refractivity contribution < 1.29 is 0 Å². The zero-order valence-corrected chi connectivity index (χ0v) is 18.9. The lowest BCUT2D eigenvalue weighted by atomic mass is 10.0. The molecule has 3 heterocycles. The molecule has 2 aliphatic heterocycles. The molecule has 2 aliphatic rings. The smallest absolute Gasteiger partial charge is 0.194 e. The van der Waals surface area contributed by atoms with Crippen LogP contribution in [0, 0.1) is 0 Å². The summed E-state index contributed by atoms with van der Waals surface area (Å²) in [5.41, 5.74) is 4.12. The molecule has 150 valence electrons. The lowest BCUT2D eigenvalue weighted by Gasteiger charge is -2.31. The first-order valence-corrected chi connectivity index (χ1v) is 10.1. The SMILES string of the molecule is CN=C(NCc1ccnc(N2CCCCC2)c1)N1CCc2ccccc2C1.I. The van der Waals surface area contributed by atoms with Crippen LogP contribution in [0.5, 0.6) is 0 Å². The van der Waals surface area contributed by atoms with Crippen molar-refractivity contribution in [2.45, 2.75) is 38.8 Å².